The van der Waals surface area contributed by atoms with Crippen LogP contribution in [0.5, 0.6) is 0 Å². The number of halogens is 1. The zero-order valence-corrected chi connectivity index (χ0v) is 9.42. The SMILES string of the molecule is Cc1ccc(F)c(NC(=O)CCCCN)c1. The van der Waals surface area contributed by atoms with Crippen molar-refractivity contribution in [2.24, 2.45) is 5.73 Å². The van der Waals surface area contributed by atoms with Gasteiger partial charge in [-0.25, -0.2) is 4.39 Å². The lowest BCUT2D eigenvalue weighted by Gasteiger charge is -2.06. The van der Waals surface area contributed by atoms with Crippen molar-refractivity contribution >= 4 is 11.6 Å². The first kappa shape index (κ1) is 12.6. The third-order valence-electron chi connectivity index (χ3n) is 2.25. The molecule has 0 heterocycles. The van der Waals surface area contributed by atoms with Crippen LogP contribution in [-0.2, 0) is 4.79 Å². The van der Waals surface area contributed by atoms with Crippen LogP contribution in [0.25, 0.3) is 0 Å². The summed E-state index contributed by atoms with van der Waals surface area (Å²) < 4.78 is 13.3. The van der Waals surface area contributed by atoms with Gasteiger partial charge in [-0.1, -0.05) is 6.07 Å². The third-order valence-corrected chi connectivity index (χ3v) is 2.25. The van der Waals surface area contributed by atoms with Crippen LogP contribution in [0.15, 0.2) is 18.2 Å². The van der Waals surface area contributed by atoms with Crippen LogP contribution in [0.4, 0.5) is 10.1 Å². The Hall–Kier alpha value is -1.42. The van der Waals surface area contributed by atoms with Crippen LogP contribution in [0.3, 0.4) is 0 Å². The molecule has 16 heavy (non-hydrogen) atoms. The van der Waals surface area contributed by atoms with Gasteiger partial charge < -0.3 is 11.1 Å². The molecule has 0 radical (unpaired) electrons. The van der Waals surface area contributed by atoms with Gasteiger partial charge in [0.05, 0.1) is 5.69 Å². The average molecular weight is 224 g/mol. The second-order valence-electron chi connectivity index (χ2n) is 3.78. The Morgan fingerprint density at radius 3 is 2.88 bits per heavy atom. The first-order valence-corrected chi connectivity index (χ1v) is 5.39. The molecule has 3 N–H and O–H groups in total. The zero-order valence-electron chi connectivity index (χ0n) is 9.42. The van der Waals surface area contributed by atoms with E-state index in [2.05, 4.69) is 5.32 Å². The van der Waals surface area contributed by atoms with Gasteiger partial charge >= 0.3 is 0 Å². The third kappa shape index (κ3) is 3.98. The number of anilines is 1. The molecule has 0 bridgehead atoms. The molecule has 0 unspecified atom stereocenters. The van der Waals surface area contributed by atoms with E-state index in [0.29, 0.717) is 13.0 Å². The molecule has 0 saturated carbocycles. The molecule has 1 aromatic rings. The Kier molecular flexibility index (Phi) is 4.92. The van der Waals surface area contributed by atoms with E-state index < -0.39 is 5.82 Å². The quantitative estimate of drug-likeness (QED) is 0.753. The van der Waals surface area contributed by atoms with Crippen molar-refractivity contribution in [1.82, 2.24) is 0 Å². The van der Waals surface area contributed by atoms with Crippen LogP contribution >= 0.6 is 0 Å². The average Bonchev–Trinajstić information content (AvgIpc) is 2.24. The monoisotopic (exact) mass is 224 g/mol. The van der Waals surface area contributed by atoms with Crippen molar-refractivity contribution in [3.63, 3.8) is 0 Å². The summed E-state index contributed by atoms with van der Waals surface area (Å²) in [6.45, 7) is 2.43. The van der Waals surface area contributed by atoms with Gasteiger partial charge in [0.1, 0.15) is 5.82 Å². The van der Waals surface area contributed by atoms with Gasteiger partial charge in [0.15, 0.2) is 0 Å². The lowest BCUT2D eigenvalue weighted by atomic mass is 10.2. The Morgan fingerprint density at radius 1 is 1.44 bits per heavy atom. The number of nitrogens with two attached hydrogens (primary N) is 1. The van der Waals surface area contributed by atoms with Crippen molar-refractivity contribution in [3.05, 3.63) is 29.6 Å². The van der Waals surface area contributed by atoms with E-state index >= 15 is 0 Å². The molecule has 1 amide bonds. The van der Waals surface area contributed by atoms with Crippen molar-refractivity contribution in [2.75, 3.05) is 11.9 Å². The summed E-state index contributed by atoms with van der Waals surface area (Å²) in [7, 11) is 0. The van der Waals surface area contributed by atoms with Crippen LogP contribution in [0, 0.1) is 12.7 Å². The van der Waals surface area contributed by atoms with E-state index in [0.717, 1.165) is 18.4 Å². The number of hydrogen-bond acceptors (Lipinski definition) is 2. The van der Waals surface area contributed by atoms with Gasteiger partial charge in [0, 0.05) is 6.42 Å². The van der Waals surface area contributed by atoms with Gasteiger partial charge in [0.2, 0.25) is 5.91 Å². The van der Waals surface area contributed by atoms with Crippen molar-refractivity contribution < 1.29 is 9.18 Å². The number of unbranched alkanes of at least 4 members (excludes halogenated alkanes) is 1. The number of nitrogens with one attached hydrogen (secondary N) is 1. The number of aryl methyl sites for hydroxylation is 1. The summed E-state index contributed by atoms with van der Waals surface area (Å²) in [6, 6.07) is 4.64. The number of carbonyl (C=O) groups is 1. The fraction of sp³-hybridized carbons (Fsp3) is 0.417. The topological polar surface area (TPSA) is 55.1 Å². The minimum atomic E-state index is -0.405. The predicted molar refractivity (Wildman–Crippen MR) is 62.7 cm³/mol. The summed E-state index contributed by atoms with van der Waals surface area (Å²) in [6.07, 6.45) is 1.92. The molecule has 4 heteroatoms. The molecule has 1 rings (SSSR count). The van der Waals surface area contributed by atoms with Gasteiger partial charge in [0.25, 0.3) is 0 Å². The number of amides is 1. The highest BCUT2D eigenvalue weighted by Crippen LogP contribution is 2.15. The molecule has 0 spiro atoms. The lowest BCUT2D eigenvalue weighted by molar-refractivity contribution is -0.116. The van der Waals surface area contributed by atoms with E-state index in [4.69, 9.17) is 5.73 Å². The molecule has 0 aromatic heterocycles. The number of benzene rings is 1. The number of carbonyl (C=O) groups excluding carboxylic acids is 1. The van der Waals surface area contributed by atoms with E-state index in [-0.39, 0.29) is 11.6 Å². The molecule has 88 valence electrons. The second kappa shape index (κ2) is 6.23. The predicted octanol–water partition coefficient (Wildman–Crippen LogP) is 2.20. The van der Waals surface area contributed by atoms with Gasteiger partial charge in [-0.05, 0) is 44.0 Å². The maximum atomic E-state index is 13.3. The van der Waals surface area contributed by atoms with Crippen LogP contribution in [0.2, 0.25) is 0 Å². The van der Waals surface area contributed by atoms with Gasteiger partial charge in [-0.3, -0.25) is 4.79 Å². The maximum absolute atomic E-state index is 13.3. The number of hydrogen-bond donors (Lipinski definition) is 2. The standard InChI is InChI=1S/C12H17FN2O/c1-9-5-6-10(13)11(8-9)15-12(16)4-2-3-7-14/h5-6,8H,2-4,7,14H2,1H3,(H,15,16). The second-order valence-corrected chi connectivity index (χ2v) is 3.78. The zero-order chi connectivity index (χ0) is 12.0. The summed E-state index contributed by atoms with van der Waals surface area (Å²) in [5.41, 5.74) is 6.48. The normalized spacial score (nSPS) is 10.2. The van der Waals surface area contributed by atoms with E-state index in [1.807, 2.05) is 6.92 Å². The smallest absolute Gasteiger partial charge is 0.224 e. The largest absolute Gasteiger partial charge is 0.330 e. The fourth-order valence-electron chi connectivity index (χ4n) is 1.38. The van der Waals surface area contributed by atoms with Crippen molar-refractivity contribution in [1.29, 1.82) is 0 Å². The van der Waals surface area contributed by atoms with Crippen molar-refractivity contribution in [2.45, 2.75) is 26.2 Å². The summed E-state index contributed by atoms with van der Waals surface area (Å²) in [5.74, 6) is -0.573. The molecular formula is C12H17FN2O. The van der Waals surface area contributed by atoms with Gasteiger partial charge in [-0.15, -0.1) is 0 Å². The molecule has 0 saturated heterocycles. The molecular weight excluding hydrogens is 207 g/mol. The van der Waals surface area contributed by atoms with E-state index in [1.54, 1.807) is 12.1 Å². The summed E-state index contributed by atoms with van der Waals surface area (Å²) >= 11 is 0. The first-order valence-electron chi connectivity index (χ1n) is 5.39. The van der Waals surface area contributed by atoms with Crippen LogP contribution < -0.4 is 11.1 Å². The summed E-state index contributed by atoms with van der Waals surface area (Å²) in [4.78, 5) is 11.4. The lowest BCUT2D eigenvalue weighted by Crippen LogP contribution is -2.13. The first-order chi connectivity index (χ1) is 7.63. The Morgan fingerprint density at radius 2 is 2.19 bits per heavy atom. The molecule has 0 aliphatic heterocycles. The van der Waals surface area contributed by atoms with Crippen molar-refractivity contribution in [3.8, 4) is 0 Å². The van der Waals surface area contributed by atoms with Crippen LogP contribution in [0.1, 0.15) is 24.8 Å². The van der Waals surface area contributed by atoms with Gasteiger partial charge in [-0.2, -0.15) is 0 Å². The Labute approximate surface area is 94.8 Å². The molecule has 0 fully saturated rings. The van der Waals surface area contributed by atoms with E-state index in [1.165, 1.54) is 6.07 Å². The molecule has 0 aliphatic carbocycles. The highest BCUT2D eigenvalue weighted by atomic mass is 19.1. The summed E-state index contributed by atoms with van der Waals surface area (Å²) in [5, 5.41) is 2.56. The van der Waals surface area contributed by atoms with Crippen LogP contribution in [-0.4, -0.2) is 12.5 Å². The maximum Gasteiger partial charge on any atom is 0.224 e. The Balaban J connectivity index is 2.52. The molecule has 3 nitrogen and oxygen atoms in total. The molecule has 0 atom stereocenters. The van der Waals surface area contributed by atoms with E-state index in [9.17, 15) is 9.18 Å². The minimum Gasteiger partial charge on any atom is -0.330 e. The molecule has 0 aliphatic rings. The Bertz CT molecular complexity index is 366. The highest BCUT2D eigenvalue weighted by molar-refractivity contribution is 5.90. The minimum absolute atomic E-state index is 0.169. The number of rotatable bonds is 5. The highest BCUT2D eigenvalue weighted by Gasteiger charge is 2.06. The fourth-order valence-corrected chi connectivity index (χ4v) is 1.38. The molecule has 1 aromatic carbocycles.